The number of hydrogen-bond donors (Lipinski definition) is 0. The molecule has 0 spiro atoms. The molecule has 5 heteroatoms. The molecule has 0 aliphatic carbocycles. The van der Waals surface area contributed by atoms with E-state index in [1.165, 1.54) is 0 Å². The molecule has 2 atom stereocenters. The first-order valence-corrected chi connectivity index (χ1v) is 2.92. The van der Waals surface area contributed by atoms with Gasteiger partial charge in [-0.15, -0.1) is 0 Å². The molecule has 1 aliphatic rings. The van der Waals surface area contributed by atoms with Gasteiger partial charge >= 0.3 is 0 Å². The molecule has 1 rings (SSSR count). The standard InChI is InChI=1S/C4H2Cl2O3/c5-3(7)1-2(9-1)4(6)8/h1-2H/t1-,2-/m1/s1. The number of ether oxygens (including phenoxy) is 1. The third-order valence-corrected chi connectivity index (χ3v) is 1.37. The van der Waals surface area contributed by atoms with Crippen LogP contribution in [0.2, 0.25) is 0 Å². The molecule has 0 bridgehead atoms. The van der Waals surface area contributed by atoms with Crippen molar-refractivity contribution in [3.05, 3.63) is 0 Å². The second kappa shape index (κ2) is 2.25. The van der Waals surface area contributed by atoms with Crippen LogP contribution in [0.15, 0.2) is 0 Å². The summed E-state index contributed by atoms with van der Waals surface area (Å²) in [5, 5.41) is -1.34. The molecule has 0 radical (unpaired) electrons. The van der Waals surface area contributed by atoms with Crippen molar-refractivity contribution >= 4 is 33.7 Å². The largest absolute Gasteiger partial charge is 0.350 e. The molecule has 0 N–H and O–H groups in total. The van der Waals surface area contributed by atoms with Crippen LogP contribution in [0.1, 0.15) is 0 Å². The first-order chi connectivity index (χ1) is 4.13. The first kappa shape index (κ1) is 6.99. The lowest BCUT2D eigenvalue weighted by atomic mass is 10.4. The maximum atomic E-state index is 10.2. The van der Waals surface area contributed by atoms with Gasteiger partial charge < -0.3 is 4.74 Å². The highest BCUT2D eigenvalue weighted by molar-refractivity contribution is 6.68. The van der Waals surface area contributed by atoms with E-state index in [9.17, 15) is 9.59 Å². The van der Waals surface area contributed by atoms with Crippen LogP contribution in [0.25, 0.3) is 0 Å². The van der Waals surface area contributed by atoms with Gasteiger partial charge in [0.05, 0.1) is 0 Å². The molecule has 9 heavy (non-hydrogen) atoms. The minimum absolute atomic E-state index is 0.672. The van der Waals surface area contributed by atoms with E-state index in [2.05, 4.69) is 4.74 Å². The van der Waals surface area contributed by atoms with Crippen molar-refractivity contribution in [1.29, 1.82) is 0 Å². The zero-order valence-corrected chi connectivity index (χ0v) is 5.65. The van der Waals surface area contributed by atoms with Crippen LogP contribution >= 0.6 is 23.2 Å². The molecule has 0 aromatic carbocycles. The molecule has 1 saturated heterocycles. The lowest BCUT2D eigenvalue weighted by molar-refractivity contribution is -0.114. The van der Waals surface area contributed by atoms with Crippen LogP contribution in [-0.2, 0) is 14.3 Å². The fourth-order valence-corrected chi connectivity index (χ4v) is 0.789. The topological polar surface area (TPSA) is 46.7 Å². The van der Waals surface area contributed by atoms with Crippen molar-refractivity contribution in [1.82, 2.24) is 0 Å². The first-order valence-electron chi connectivity index (χ1n) is 2.17. The van der Waals surface area contributed by atoms with E-state index < -0.39 is 22.7 Å². The zero-order valence-electron chi connectivity index (χ0n) is 4.14. The summed E-state index contributed by atoms with van der Waals surface area (Å²) in [5.74, 6) is 0. The fraction of sp³-hybridized carbons (Fsp3) is 0.500. The molecule has 0 aromatic rings. The normalized spacial score (nSPS) is 31.8. The van der Waals surface area contributed by atoms with Crippen LogP contribution in [0.4, 0.5) is 0 Å². The molecule has 0 aromatic heterocycles. The van der Waals surface area contributed by atoms with Crippen molar-refractivity contribution in [2.45, 2.75) is 12.2 Å². The van der Waals surface area contributed by atoms with Gasteiger partial charge in [-0.1, -0.05) is 0 Å². The molecule has 1 aliphatic heterocycles. The van der Waals surface area contributed by atoms with Crippen molar-refractivity contribution in [3.63, 3.8) is 0 Å². The van der Waals surface area contributed by atoms with Gasteiger partial charge in [0, 0.05) is 0 Å². The van der Waals surface area contributed by atoms with Crippen LogP contribution in [-0.4, -0.2) is 22.7 Å². The van der Waals surface area contributed by atoms with Crippen molar-refractivity contribution in [3.8, 4) is 0 Å². The molecule has 0 amide bonds. The number of carbonyl (C=O) groups is 2. The van der Waals surface area contributed by atoms with E-state index >= 15 is 0 Å². The van der Waals surface area contributed by atoms with E-state index in [4.69, 9.17) is 23.2 Å². The Labute approximate surface area is 60.9 Å². The number of halogens is 2. The number of epoxide rings is 1. The second-order valence-electron chi connectivity index (χ2n) is 1.59. The predicted octanol–water partition coefficient (Wildman–Crippen LogP) is 0.285. The van der Waals surface area contributed by atoms with Crippen molar-refractivity contribution in [2.75, 3.05) is 0 Å². The Balaban J connectivity index is 2.42. The van der Waals surface area contributed by atoms with Crippen molar-refractivity contribution in [2.24, 2.45) is 0 Å². The van der Waals surface area contributed by atoms with E-state index in [0.29, 0.717) is 0 Å². The molecule has 1 fully saturated rings. The maximum absolute atomic E-state index is 10.2. The fourth-order valence-electron chi connectivity index (χ4n) is 0.458. The summed E-state index contributed by atoms with van der Waals surface area (Å²) in [6.07, 6.45) is -1.59. The van der Waals surface area contributed by atoms with Gasteiger partial charge in [0.25, 0.3) is 10.5 Å². The van der Waals surface area contributed by atoms with Crippen LogP contribution < -0.4 is 0 Å². The predicted molar refractivity (Wildman–Crippen MR) is 30.4 cm³/mol. The summed E-state index contributed by atoms with van der Waals surface area (Å²) in [7, 11) is 0. The minimum atomic E-state index is -0.795. The summed E-state index contributed by atoms with van der Waals surface area (Å²) in [6.45, 7) is 0. The molecule has 50 valence electrons. The van der Waals surface area contributed by atoms with Gasteiger partial charge in [-0.05, 0) is 23.2 Å². The molecule has 0 saturated carbocycles. The minimum Gasteiger partial charge on any atom is -0.350 e. The molecular weight excluding hydrogens is 167 g/mol. The monoisotopic (exact) mass is 168 g/mol. The summed E-state index contributed by atoms with van der Waals surface area (Å²) in [4.78, 5) is 20.3. The van der Waals surface area contributed by atoms with E-state index in [1.807, 2.05) is 0 Å². The van der Waals surface area contributed by atoms with Gasteiger partial charge in [-0.25, -0.2) is 0 Å². The molecular formula is C4H2Cl2O3. The van der Waals surface area contributed by atoms with Crippen LogP contribution in [0.5, 0.6) is 0 Å². The smallest absolute Gasteiger partial charge is 0.253 e. The highest BCUT2D eigenvalue weighted by atomic mass is 35.5. The van der Waals surface area contributed by atoms with E-state index in [1.54, 1.807) is 0 Å². The average molecular weight is 169 g/mol. The Kier molecular flexibility index (Phi) is 1.75. The quantitative estimate of drug-likeness (QED) is 0.440. The highest BCUT2D eigenvalue weighted by Crippen LogP contribution is 2.26. The molecule has 1 heterocycles. The number of rotatable bonds is 2. The zero-order chi connectivity index (χ0) is 7.02. The Bertz CT molecular complexity index is 149. The van der Waals surface area contributed by atoms with E-state index in [0.717, 1.165) is 0 Å². The summed E-state index contributed by atoms with van der Waals surface area (Å²) in [5.41, 5.74) is 0. The van der Waals surface area contributed by atoms with Gasteiger partial charge in [0.15, 0.2) is 12.2 Å². The SMILES string of the molecule is O=C(Cl)[C@@H]1O[C@H]1C(=O)Cl. The van der Waals surface area contributed by atoms with Crippen LogP contribution in [0, 0.1) is 0 Å². The molecule has 3 nitrogen and oxygen atoms in total. The third kappa shape index (κ3) is 1.41. The lowest BCUT2D eigenvalue weighted by Crippen LogP contribution is -2.06. The third-order valence-electron chi connectivity index (χ3n) is 0.939. The van der Waals surface area contributed by atoms with Gasteiger partial charge in [-0.3, -0.25) is 9.59 Å². The Morgan fingerprint density at radius 2 is 1.44 bits per heavy atom. The van der Waals surface area contributed by atoms with Gasteiger partial charge in [0.1, 0.15) is 0 Å². The summed E-state index contributed by atoms with van der Waals surface area (Å²) < 4.78 is 4.48. The number of carbonyl (C=O) groups excluding carboxylic acids is 2. The maximum Gasteiger partial charge on any atom is 0.253 e. The Morgan fingerprint density at radius 3 is 1.56 bits per heavy atom. The Morgan fingerprint density at radius 1 is 1.11 bits per heavy atom. The molecule has 0 unspecified atom stereocenters. The van der Waals surface area contributed by atoms with Crippen molar-refractivity contribution < 1.29 is 14.3 Å². The van der Waals surface area contributed by atoms with Gasteiger partial charge in [-0.2, -0.15) is 0 Å². The number of hydrogen-bond acceptors (Lipinski definition) is 3. The summed E-state index contributed by atoms with van der Waals surface area (Å²) >= 11 is 9.88. The highest BCUT2D eigenvalue weighted by Gasteiger charge is 2.48. The van der Waals surface area contributed by atoms with Gasteiger partial charge in [0.2, 0.25) is 0 Å². The average Bonchev–Trinajstić information content (AvgIpc) is 2.39. The second-order valence-corrected chi connectivity index (χ2v) is 2.33. The summed E-state index contributed by atoms with van der Waals surface area (Å²) in [6, 6.07) is 0. The van der Waals surface area contributed by atoms with Crippen LogP contribution in [0.3, 0.4) is 0 Å². The Hall–Kier alpha value is -0.120. The lowest BCUT2D eigenvalue weighted by Gasteiger charge is -1.75. The van der Waals surface area contributed by atoms with E-state index in [-0.39, 0.29) is 0 Å².